The van der Waals surface area contributed by atoms with Gasteiger partial charge in [0, 0.05) is 6.07 Å². The van der Waals surface area contributed by atoms with E-state index in [1.165, 1.54) is 6.07 Å². The molecule has 0 saturated heterocycles. The van der Waals surface area contributed by atoms with E-state index in [9.17, 15) is 8.42 Å². The third-order valence-corrected chi connectivity index (χ3v) is 5.27. The molecule has 0 aliphatic rings. The molecule has 6 heteroatoms. The van der Waals surface area contributed by atoms with Crippen molar-refractivity contribution in [1.82, 2.24) is 0 Å². The van der Waals surface area contributed by atoms with Crippen LogP contribution >= 0.6 is 11.6 Å². The summed E-state index contributed by atoms with van der Waals surface area (Å²) in [5, 5.41) is 0.179. The van der Waals surface area contributed by atoms with E-state index in [4.69, 9.17) is 16.3 Å². The molecule has 0 heterocycles. The van der Waals surface area contributed by atoms with Crippen LogP contribution < -0.4 is 9.46 Å². The molecule has 0 fully saturated rings. The van der Waals surface area contributed by atoms with E-state index < -0.39 is 10.0 Å². The SMILES string of the molecule is COc1cc(NS(=O)(=O)c2ccccc2Cl)ccc1C(C)(C)C. The predicted octanol–water partition coefficient (Wildman–Crippen LogP) is 4.45. The second-order valence-corrected chi connectivity index (χ2v) is 8.26. The summed E-state index contributed by atoms with van der Waals surface area (Å²) >= 11 is 5.97. The summed E-state index contributed by atoms with van der Waals surface area (Å²) in [4.78, 5) is 0.0422. The van der Waals surface area contributed by atoms with Crippen LogP contribution in [0.5, 0.6) is 5.75 Å². The first kappa shape index (κ1) is 17.6. The molecular formula is C17H20ClNO3S. The summed E-state index contributed by atoms with van der Waals surface area (Å²) < 4.78 is 32.9. The molecule has 0 atom stereocenters. The summed E-state index contributed by atoms with van der Waals surface area (Å²) in [6, 6.07) is 11.6. The number of methoxy groups -OCH3 is 1. The summed E-state index contributed by atoms with van der Waals surface area (Å²) in [6.45, 7) is 6.20. The molecule has 124 valence electrons. The van der Waals surface area contributed by atoms with Gasteiger partial charge in [0.15, 0.2) is 0 Å². The molecule has 2 rings (SSSR count). The number of nitrogens with one attached hydrogen (secondary N) is 1. The van der Waals surface area contributed by atoms with Crippen molar-refractivity contribution in [2.24, 2.45) is 0 Å². The van der Waals surface area contributed by atoms with Crippen LogP contribution in [0.3, 0.4) is 0 Å². The third kappa shape index (κ3) is 3.98. The van der Waals surface area contributed by atoms with Crippen molar-refractivity contribution in [3.8, 4) is 5.75 Å². The molecular weight excluding hydrogens is 334 g/mol. The Hall–Kier alpha value is -1.72. The summed E-state index contributed by atoms with van der Waals surface area (Å²) in [5.74, 6) is 0.636. The van der Waals surface area contributed by atoms with Gasteiger partial charge in [-0.1, -0.05) is 50.6 Å². The van der Waals surface area contributed by atoms with Gasteiger partial charge in [-0.25, -0.2) is 8.42 Å². The molecule has 0 aromatic heterocycles. The number of benzene rings is 2. The van der Waals surface area contributed by atoms with Crippen LogP contribution in [0.2, 0.25) is 5.02 Å². The van der Waals surface area contributed by atoms with Crippen molar-refractivity contribution in [2.75, 3.05) is 11.8 Å². The van der Waals surface area contributed by atoms with Gasteiger partial charge in [-0.3, -0.25) is 4.72 Å². The highest BCUT2D eigenvalue weighted by Gasteiger charge is 2.21. The molecule has 0 radical (unpaired) electrons. The van der Waals surface area contributed by atoms with Gasteiger partial charge in [0.05, 0.1) is 17.8 Å². The van der Waals surface area contributed by atoms with Gasteiger partial charge in [-0.2, -0.15) is 0 Å². The van der Waals surface area contributed by atoms with Gasteiger partial charge >= 0.3 is 0 Å². The second kappa shape index (κ2) is 6.42. The van der Waals surface area contributed by atoms with Crippen molar-refractivity contribution >= 4 is 27.3 Å². The highest BCUT2D eigenvalue weighted by atomic mass is 35.5. The Labute approximate surface area is 142 Å². The maximum Gasteiger partial charge on any atom is 0.263 e. The Kier molecular flexibility index (Phi) is 4.92. The van der Waals surface area contributed by atoms with Crippen LogP contribution in [0, 0.1) is 0 Å². The van der Waals surface area contributed by atoms with Gasteiger partial charge in [-0.05, 0) is 29.2 Å². The summed E-state index contributed by atoms with van der Waals surface area (Å²) in [6.07, 6.45) is 0. The first-order valence-corrected chi connectivity index (χ1v) is 8.97. The Morgan fingerprint density at radius 2 is 1.74 bits per heavy atom. The number of anilines is 1. The maximum absolute atomic E-state index is 12.5. The smallest absolute Gasteiger partial charge is 0.263 e. The van der Waals surface area contributed by atoms with Crippen LogP contribution in [0.1, 0.15) is 26.3 Å². The fourth-order valence-corrected chi connectivity index (χ4v) is 3.82. The highest BCUT2D eigenvalue weighted by molar-refractivity contribution is 7.92. The average Bonchev–Trinajstić information content (AvgIpc) is 2.45. The fourth-order valence-electron chi connectivity index (χ4n) is 2.25. The predicted molar refractivity (Wildman–Crippen MR) is 94.0 cm³/mol. The van der Waals surface area contributed by atoms with Crippen molar-refractivity contribution in [3.05, 3.63) is 53.1 Å². The van der Waals surface area contributed by atoms with E-state index >= 15 is 0 Å². The van der Waals surface area contributed by atoms with Crippen LogP contribution in [-0.4, -0.2) is 15.5 Å². The number of sulfonamides is 1. The Balaban J connectivity index is 2.39. The zero-order valence-electron chi connectivity index (χ0n) is 13.6. The Bertz CT molecular complexity index is 811. The maximum atomic E-state index is 12.5. The topological polar surface area (TPSA) is 55.4 Å². The van der Waals surface area contributed by atoms with E-state index in [0.29, 0.717) is 11.4 Å². The quantitative estimate of drug-likeness (QED) is 0.883. The van der Waals surface area contributed by atoms with Crippen molar-refractivity contribution in [1.29, 1.82) is 0 Å². The molecule has 0 aliphatic heterocycles. The number of hydrogen-bond donors (Lipinski definition) is 1. The Morgan fingerprint density at radius 3 is 2.30 bits per heavy atom. The Morgan fingerprint density at radius 1 is 1.09 bits per heavy atom. The minimum atomic E-state index is -3.75. The highest BCUT2D eigenvalue weighted by Crippen LogP contribution is 2.34. The van der Waals surface area contributed by atoms with E-state index in [1.54, 1.807) is 37.4 Å². The van der Waals surface area contributed by atoms with Gasteiger partial charge in [0.2, 0.25) is 0 Å². The van der Waals surface area contributed by atoms with Gasteiger partial charge in [0.25, 0.3) is 10.0 Å². The zero-order valence-corrected chi connectivity index (χ0v) is 15.1. The molecule has 0 unspecified atom stereocenters. The lowest BCUT2D eigenvalue weighted by Crippen LogP contribution is -2.15. The first-order chi connectivity index (χ1) is 10.6. The molecule has 2 aromatic carbocycles. The number of halogens is 1. The number of rotatable bonds is 4. The van der Waals surface area contributed by atoms with E-state index in [1.807, 2.05) is 6.07 Å². The minimum Gasteiger partial charge on any atom is -0.496 e. The van der Waals surface area contributed by atoms with Crippen LogP contribution in [0.4, 0.5) is 5.69 Å². The molecule has 2 aromatic rings. The van der Waals surface area contributed by atoms with E-state index in [0.717, 1.165) is 5.56 Å². The zero-order chi connectivity index (χ0) is 17.3. The first-order valence-electron chi connectivity index (χ1n) is 7.11. The third-order valence-electron chi connectivity index (χ3n) is 3.39. The summed E-state index contributed by atoms with van der Waals surface area (Å²) in [7, 11) is -2.19. The summed E-state index contributed by atoms with van der Waals surface area (Å²) in [5.41, 5.74) is 1.32. The molecule has 0 saturated carbocycles. The van der Waals surface area contributed by atoms with E-state index in [-0.39, 0.29) is 15.3 Å². The van der Waals surface area contributed by atoms with Crippen molar-refractivity contribution in [3.63, 3.8) is 0 Å². The second-order valence-electron chi connectivity index (χ2n) is 6.20. The molecule has 0 bridgehead atoms. The molecule has 0 aliphatic carbocycles. The van der Waals surface area contributed by atoms with Crippen LogP contribution in [-0.2, 0) is 15.4 Å². The minimum absolute atomic E-state index is 0.0422. The van der Waals surface area contributed by atoms with Crippen molar-refractivity contribution < 1.29 is 13.2 Å². The fraction of sp³-hybridized carbons (Fsp3) is 0.294. The lowest BCUT2D eigenvalue weighted by Gasteiger charge is -2.22. The van der Waals surface area contributed by atoms with Gasteiger partial charge < -0.3 is 4.74 Å². The lowest BCUT2D eigenvalue weighted by atomic mass is 9.86. The number of ether oxygens (including phenoxy) is 1. The van der Waals surface area contributed by atoms with Gasteiger partial charge in [0.1, 0.15) is 10.6 Å². The molecule has 1 N–H and O–H groups in total. The molecule has 0 amide bonds. The van der Waals surface area contributed by atoms with Gasteiger partial charge in [-0.15, -0.1) is 0 Å². The number of hydrogen-bond acceptors (Lipinski definition) is 3. The van der Waals surface area contributed by atoms with E-state index in [2.05, 4.69) is 25.5 Å². The monoisotopic (exact) mass is 353 g/mol. The standard InChI is InChI=1S/C17H20ClNO3S/c1-17(2,3)13-10-9-12(11-15(13)22-4)19-23(20,21)16-8-6-5-7-14(16)18/h5-11,19H,1-4H3. The van der Waals surface area contributed by atoms with Crippen LogP contribution in [0.25, 0.3) is 0 Å². The largest absolute Gasteiger partial charge is 0.496 e. The lowest BCUT2D eigenvalue weighted by molar-refractivity contribution is 0.398. The molecule has 23 heavy (non-hydrogen) atoms. The normalized spacial score (nSPS) is 12.0. The molecule has 0 spiro atoms. The average molecular weight is 354 g/mol. The van der Waals surface area contributed by atoms with Crippen LogP contribution in [0.15, 0.2) is 47.4 Å². The molecule has 4 nitrogen and oxygen atoms in total. The van der Waals surface area contributed by atoms with Crippen molar-refractivity contribution in [2.45, 2.75) is 31.1 Å².